The average molecular weight is 367 g/mol. The van der Waals surface area contributed by atoms with Crippen molar-refractivity contribution in [3.8, 4) is 0 Å². The van der Waals surface area contributed by atoms with Gasteiger partial charge in [0.1, 0.15) is 0 Å². The summed E-state index contributed by atoms with van der Waals surface area (Å²) in [6.07, 6.45) is 1.70. The number of ketones is 1. The van der Waals surface area contributed by atoms with Crippen LogP contribution in [0.4, 0.5) is 0 Å². The van der Waals surface area contributed by atoms with E-state index in [1.807, 2.05) is 79.1 Å². The van der Waals surface area contributed by atoms with Crippen LogP contribution in [0.3, 0.4) is 0 Å². The molecule has 4 rings (SSSR count). The van der Waals surface area contributed by atoms with Crippen LogP contribution in [0.5, 0.6) is 0 Å². The second-order valence-electron chi connectivity index (χ2n) is 7.13. The second kappa shape index (κ2) is 7.28. The lowest BCUT2D eigenvalue weighted by atomic mass is 9.98. The number of para-hydroxylation sites is 1. The van der Waals surface area contributed by atoms with Gasteiger partial charge in [0.2, 0.25) is 5.43 Å². The maximum absolute atomic E-state index is 13.2. The molecule has 0 amide bonds. The number of fused-ring (bicyclic) bond motifs is 1. The van der Waals surface area contributed by atoms with Gasteiger partial charge in [-0.3, -0.25) is 9.59 Å². The van der Waals surface area contributed by atoms with E-state index in [0.29, 0.717) is 17.5 Å². The van der Waals surface area contributed by atoms with E-state index in [1.165, 1.54) is 0 Å². The van der Waals surface area contributed by atoms with Crippen molar-refractivity contribution in [3.05, 3.63) is 117 Å². The van der Waals surface area contributed by atoms with E-state index >= 15 is 0 Å². The molecule has 0 bridgehead atoms. The first-order valence-corrected chi connectivity index (χ1v) is 9.32. The van der Waals surface area contributed by atoms with Crippen LogP contribution >= 0.6 is 0 Å². The number of hydrogen-bond donors (Lipinski definition) is 0. The lowest BCUT2D eigenvalue weighted by Gasteiger charge is -2.14. The Morgan fingerprint density at radius 3 is 2.32 bits per heavy atom. The predicted octanol–water partition coefficient (Wildman–Crippen LogP) is 4.90. The van der Waals surface area contributed by atoms with Gasteiger partial charge in [-0.05, 0) is 48.7 Å². The molecule has 4 aromatic rings. The minimum atomic E-state index is -0.235. The van der Waals surface area contributed by atoms with Crippen molar-refractivity contribution in [1.82, 2.24) is 4.57 Å². The Bertz CT molecular complexity index is 1240. The Balaban J connectivity index is 1.89. The van der Waals surface area contributed by atoms with Crippen LogP contribution in [0.2, 0.25) is 0 Å². The Morgan fingerprint density at radius 2 is 1.57 bits per heavy atom. The molecule has 0 spiro atoms. The Hall–Kier alpha value is -3.46. The van der Waals surface area contributed by atoms with Gasteiger partial charge in [0.05, 0.1) is 11.1 Å². The third-order valence-electron chi connectivity index (χ3n) is 5.20. The number of benzene rings is 3. The van der Waals surface area contributed by atoms with Gasteiger partial charge in [0.15, 0.2) is 5.78 Å². The Morgan fingerprint density at radius 1 is 0.857 bits per heavy atom. The molecule has 0 radical (unpaired) electrons. The second-order valence-corrected chi connectivity index (χ2v) is 7.13. The zero-order chi connectivity index (χ0) is 19.7. The molecule has 0 unspecified atom stereocenters. The molecule has 3 nitrogen and oxygen atoms in total. The standard InChI is InChI=1S/C25H21NO2/c1-17-12-13-20(14-18(17)2)24(27)22-16-26(15-19-8-4-3-5-9-19)23-11-7-6-10-21(23)25(22)28/h3-14,16H,15H2,1-2H3. The number of carbonyl (C=O) groups is 1. The quantitative estimate of drug-likeness (QED) is 0.481. The molecule has 0 fully saturated rings. The van der Waals surface area contributed by atoms with Gasteiger partial charge < -0.3 is 4.57 Å². The molecular formula is C25H21NO2. The van der Waals surface area contributed by atoms with Gasteiger partial charge >= 0.3 is 0 Å². The molecule has 0 atom stereocenters. The highest BCUT2D eigenvalue weighted by atomic mass is 16.1. The van der Waals surface area contributed by atoms with Crippen molar-refractivity contribution >= 4 is 16.7 Å². The number of aryl methyl sites for hydroxylation is 2. The number of rotatable bonds is 4. The summed E-state index contributed by atoms with van der Waals surface area (Å²) < 4.78 is 1.99. The number of nitrogens with zero attached hydrogens (tertiary/aromatic N) is 1. The first-order chi connectivity index (χ1) is 13.5. The summed E-state index contributed by atoms with van der Waals surface area (Å²) in [5.41, 5.74) is 4.63. The molecule has 138 valence electrons. The number of aromatic nitrogens is 1. The zero-order valence-electron chi connectivity index (χ0n) is 16.0. The highest BCUT2D eigenvalue weighted by Gasteiger charge is 2.17. The first kappa shape index (κ1) is 17.9. The first-order valence-electron chi connectivity index (χ1n) is 9.32. The van der Waals surface area contributed by atoms with Crippen molar-refractivity contribution in [3.63, 3.8) is 0 Å². The van der Waals surface area contributed by atoms with Crippen LogP contribution < -0.4 is 5.43 Å². The maximum Gasteiger partial charge on any atom is 0.200 e. The van der Waals surface area contributed by atoms with E-state index in [1.54, 1.807) is 18.3 Å². The molecule has 0 N–H and O–H groups in total. The molecule has 0 saturated heterocycles. The normalized spacial score (nSPS) is 10.9. The van der Waals surface area contributed by atoms with E-state index < -0.39 is 0 Å². The van der Waals surface area contributed by atoms with Crippen LogP contribution in [0.1, 0.15) is 32.6 Å². The third-order valence-corrected chi connectivity index (χ3v) is 5.20. The fourth-order valence-corrected chi connectivity index (χ4v) is 3.46. The van der Waals surface area contributed by atoms with Gasteiger partial charge in [-0.1, -0.05) is 54.6 Å². The molecule has 0 saturated carbocycles. The van der Waals surface area contributed by atoms with E-state index in [9.17, 15) is 9.59 Å². The van der Waals surface area contributed by atoms with Crippen LogP contribution in [-0.4, -0.2) is 10.4 Å². The van der Waals surface area contributed by atoms with Crippen molar-refractivity contribution in [2.45, 2.75) is 20.4 Å². The van der Waals surface area contributed by atoms with Gasteiger partial charge in [-0.2, -0.15) is 0 Å². The Labute approximate surface area is 163 Å². The lowest BCUT2D eigenvalue weighted by molar-refractivity contribution is 0.103. The summed E-state index contributed by atoms with van der Waals surface area (Å²) in [7, 11) is 0. The third kappa shape index (κ3) is 3.27. The minimum Gasteiger partial charge on any atom is -0.342 e. The van der Waals surface area contributed by atoms with Crippen molar-refractivity contribution in [2.24, 2.45) is 0 Å². The van der Waals surface area contributed by atoms with Crippen LogP contribution in [0.25, 0.3) is 10.9 Å². The average Bonchev–Trinajstić information content (AvgIpc) is 2.72. The molecule has 0 aliphatic rings. The van der Waals surface area contributed by atoms with Crippen molar-refractivity contribution in [1.29, 1.82) is 0 Å². The molecule has 1 aromatic heterocycles. The maximum atomic E-state index is 13.2. The fraction of sp³-hybridized carbons (Fsp3) is 0.120. The highest BCUT2D eigenvalue weighted by molar-refractivity contribution is 6.10. The van der Waals surface area contributed by atoms with Gasteiger partial charge in [0.25, 0.3) is 0 Å². The largest absolute Gasteiger partial charge is 0.342 e. The molecule has 3 heteroatoms. The lowest BCUT2D eigenvalue weighted by Crippen LogP contribution is -2.20. The van der Waals surface area contributed by atoms with Gasteiger partial charge in [0, 0.05) is 23.7 Å². The summed E-state index contributed by atoms with van der Waals surface area (Å²) in [5.74, 6) is -0.235. The molecular weight excluding hydrogens is 346 g/mol. The van der Waals surface area contributed by atoms with E-state index in [4.69, 9.17) is 0 Å². The van der Waals surface area contributed by atoms with Crippen molar-refractivity contribution < 1.29 is 4.79 Å². The van der Waals surface area contributed by atoms with Crippen molar-refractivity contribution in [2.75, 3.05) is 0 Å². The van der Waals surface area contributed by atoms with Gasteiger partial charge in [-0.25, -0.2) is 0 Å². The number of pyridine rings is 1. The molecule has 0 aliphatic carbocycles. The molecule has 3 aromatic carbocycles. The molecule has 28 heavy (non-hydrogen) atoms. The van der Waals surface area contributed by atoms with E-state index in [2.05, 4.69) is 0 Å². The highest BCUT2D eigenvalue weighted by Crippen LogP contribution is 2.18. The number of hydrogen-bond acceptors (Lipinski definition) is 2. The summed E-state index contributed by atoms with van der Waals surface area (Å²) in [6.45, 7) is 4.57. The predicted molar refractivity (Wildman–Crippen MR) is 113 cm³/mol. The summed E-state index contributed by atoms with van der Waals surface area (Å²) in [6, 6.07) is 23.1. The SMILES string of the molecule is Cc1ccc(C(=O)c2cn(Cc3ccccc3)c3ccccc3c2=O)cc1C. The topological polar surface area (TPSA) is 39.1 Å². The molecule has 1 heterocycles. The minimum absolute atomic E-state index is 0.206. The summed E-state index contributed by atoms with van der Waals surface area (Å²) in [4.78, 5) is 26.2. The van der Waals surface area contributed by atoms with E-state index in [-0.39, 0.29) is 16.8 Å². The van der Waals surface area contributed by atoms with Crippen LogP contribution in [0, 0.1) is 13.8 Å². The smallest absolute Gasteiger partial charge is 0.200 e. The van der Waals surface area contributed by atoms with Crippen LogP contribution in [-0.2, 0) is 6.54 Å². The number of carbonyl (C=O) groups excluding carboxylic acids is 1. The Kier molecular flexibility index (Phi) is 4.66. The van der Waals surface area contributed by atoms with E-state index in [0.717, 1.165) is 22.2 Å². The molecule has 0 aliphatic heterocycles. The van der Waals surface area contributed by atoms with Crippen LogP contribution in [0.15, 0.2) is 83.8 Å². The monoisotopic (exact) mass is 367 g/mol. The zero-order valence-corrected chi connectivity index (χ0v) is 16.0. The summed E-state index contributed by atoms with van der Waals surface area (Å²) in [5, 5.41) is 0.563. The summed E-state index contributed by atoms with van der Waals surface area (Å²) >= 11 is 0. The van der Waals surface area contributed by atoms with Gasteiger partial charge in [-0.15, -0.1) is 0 Å². The fourth-order valence-electron chi connectivity index (χ4n) is 3.46.